The quantitative estimate of drug-likeness (QED) is 0.817. The van der Waals surface area contributed by atoms with Crippen LogP contribution in [0.1, 0.15) is 18.4 Å². The second-order valence-corrected chi connectivity index (χ2v) is 7.95. The van der Waals surface area contributed by atoms with E-state index in [0.717, 1.165) is 12.8 Å². The molecule has 1 aliphatic heterocycles. The molecule has 1 N–H and O–H groups in total. The van der Waals surface area contributed by atoms with Crippen LogP contribution in [-0.4, -0.2) is 31.7 Å². The first-order chi connectivity index (χ1) is 12.4. The number of nitrogens with one attached hydrogen (secondary N) is 1. The smallest absolute Gasteiger partial charge is 0.248 e. The number of carbonyl (C=O) groups excluding carboxylic acids is 1. The van der Waals surface area contributed by atoms with E-state index >= 15 is 0 Å². The third-order valence-electron chi connectivity index (χ3n) is 4.12. The molecule has 136 valence electrons. The molecule has 3 rings (SSSR count). The maximum Gasteiger partial charge on any atom is 0.248 e. The zero-order valence-electron chi connectivity index (χ0n) is 14.1. The Labute approximate surface area is 152 Å². The lowest BCUT2D eigenvalue weighted by Crippen LogP contribution is -2.27. The summed E-state index contributed by atoms with van der Waals surface area (Å²) in [5, 5.41) is 2.66. The molecular weight excluding hydrogens is 355 g/mol. The van der Waals surface area contributed by atoms with E-state index in [9.17, 15) is 17.6 Å². The van der Waals surface area contributed by atoms with E-state index in [0.29, 0.717) is 24.3 Å². The van der Waals surface area contributed by atoms with Crippen LogP contribution in [0.25, 0.3) is 6.08 Å². The van der Waals surface area contributed by atoms with E-state index in [1.165, 1.54) is 34.6 Å². The SMILES string of the molecule is O=C(C=Cc1ccc(F)cc1)Nc1ccc(S(=O)(=O)N2CCCC2)cc1. The summed E-state index contributed by atoms with van der Waals surface area (Å²) in [7, 11) is -3.46. The van der Waals surface area contributed by atoms with Crippen LogP contribution in [0.5, 0.6) is 0 Å². The molecule has 2 aromatic carbocycles. The Morgan fingerprint density at radius 1 is 1.00 bits per heavy atom. The number of amides is 1. The van der Waals surface area contributed by atoms with Crippen LogP contribution < -0.4 is 5.32 Å². The number of sulfonamides is 1. The van der Waals surface area contributed by atoms with Crippen LogP contribution in [0.15, 0.2) is 59.5 Å². The lowest BCUT2D eigenvalue weighted by Gasteiger charge is -2.15. The molecule has 1 amide bonds. The second-order valence-electron chi connectivity index (χ2n) is 6.01. The minimum Gasteiger partial charge on any atom is -0.323 e. The molecule has 0 aliphatic carbocycles. The predicted molar refractivity (Wildman–Crippen MR) is 98.5 cm³/mol. The largest absolute Gasteiger partial charge is 0.323 e. The van der Waals surface area contributed by atoms with Crippen molar-refractivity contribution in [1.29, 1.82) is 0 Å². The van der Waals surface area contributed by atoms with E-state index in [1.54, 1.807) is 30.3 Å². The second kappa shape index (κ2) is 7.80. The van der Waals surface area contributed by atoms with Crippen molar-refractivity contribution in [2.24, 2.45) is 0 Å². The first-order valence-corrected chi connectivity index (χ1v) is 9.74. The first kappa shape index (κ1) is 18.3. The zero-order chi connectivity index (χ0) is 18.6. The highest BCUT2D eigenvalue weighted by molar-refractivity contribution is 7.89. The third-order valence-corrected chi connectivity index (χ3v) is 6.03. The van der Waals surface area contributed by atoms with Gasteiger partial charge in [0.1, 0.15) is 5.82 Å². The van der Waals surface area contributed by atoms with Gasteiger partial charge in [0.05, 0.1) is 4.90 Å². The van der Waals surface area contributed by atoms with E-state index < -0.39 is 10.0 Å². The summed E-state index contributed by atoms with van der Waals surface area (Å²) >= 11 is 0. The maximum absolute atomic E-state index is 12.8. The number of benzene rings is 2. The summed E-state index contributed by atoms with van der Waals surface area (Å²) in [5.74, 6) is -0.694. The summed E-state index contributed by atoms with van der Waals surface area (Å²) in [5.41, 5.74) is 1.20. The third kappa shape index (κ3) is 4.36. The van der Waals surface area contributed by atoms with Gasteiger partial charge < -0.3 is 5.32 Å². The molecule has 1 heterocycles. The number of rotatable bonds is 5. The normalized spacial score (nSPS) is 15.4. The van der Waals surface area contributed by atoms with Crippen molar-refractivity contribution in [2.75, 3.05) is 18.4 Å². The van der Waals surface area contributed by atoms with Crippen molar-refractivity contribution in [3.05, 3.63) is 66.0 Å². The van der Waals surface area contributed by atoms with Gasteiger partial charge in [-0.2, -0.15) is 4.31 Å². The molecule has 2 aromatic rings. The van der Waals surface area contributed by atoms with Crippen LogP contribution in [0.2, 0.25) is 0 Å². The fraction of sp³-hybridized carbons (Fsp3) is 0.211. The Hall–Kier alpha value is -2.51. The Bertz CT molecular complexity index is 901. The van der Waals surface area contributed by atoms with Gasteiger partial charge in [-0.05, 0) is 60.9 Å². The minimum absolute atomic E-state index is 0.222. The monoisotopic (exact) mass is 374 g/mol. The molecule has 1 fully saturated rings. The van der Waals surface area contributed by atoms with Gasteiger partial charge in [0, 0.05) is 24.9 Å². The number of halogens is 1. The van der Waals surface area contributed by atoms with E-state index in [4.69, 9.17) is 0 Å². The highest BCUT2D eigenvalue weighted by atomic mass is 32.2. The zero-order valence-corrected chi connectivity index (χ0v) is 14.9. The van der Waals surface area contributed by atoms with Crippen LogP contribution in [0.4, 0.5) is 10.1 Å². The first-order valence-electron chi connectivity index (χ1n) is 8.30. The molecule has 0 unspecified atom stereocenters. The lowest BCUT2D eigenvalue weighted by molar-refractivity contribution is -0.111. The van der Waals surface area contributed by atoms with Crippen LogP contribution in [0, 0.1) is 5.82 Å². The summed E-state index contributed by atoms with van der Waals surface area (Å²) in [4.78, 5) is 12.2. The topological polar surface area (TPSA) is 66.5 Å². The van der Waals surface area contributed by atoms with E-state index in [2.05, 4.69) is 5.32 Å². The predicted octanol–water partition coefficient (Wildman–Crippen LogP) is 3.26. The van der Waals surface area contributed by atoms with Gasteiger partial charge in [0.15, 0.2) is 0 Å². The summed E-state index contributed by atoms with van der Waals surface area (Å²) in [6.45, 7) is 1.10. The van der Waals surface area contributed by atoms with Gasteiger partial charge >= 0.3 is 0 Å². The van der Waals surface area contributed by atoms with Crippen molar-refractivity contribution in [2.45, 2.75) is 17.7 Å². The van der Waals surface area contributed by atoms with Gasteiger partial charge in [-0.15, -0.1) is 0 Å². The number of hydrogen-bond acceptors (Lipinski definition) is 3. The number of carbonyl (C=O) groups is 1. The Morgan fingerprint density at radius 3 is 2.23 bits per heavy atom. The van der Waals surface area contributed by atoms with Gasteiger partial charge in [-0.25, -0.2) is 12.8 Å². The molecule has 0 aromatic heterocycles. The van der Waals surface area contributed by atoms with E-state index in [-0.39, 0.29) is 16.6 Å². The highest BCUT2D eigenvalue weighted by Gasteiger charge is 2.26. The van der Waals surface area contributed by atoms with Crippen molar-refractivity contribution < 1.29 is 17.6 Å². The van der Waals surface area contributed by atoms with Crippen LogP contribution in [-0.2, 0) is 14.8 Å². The minimum atomic E-state index is -3.46. The summed E-state index contributed by atoms with van der Waals surface area (Å²) in [6, 6.07) is 11.9. The molecule has 5 nitrogen and oxygen atoms in total. The molecule has 1 aliphatic rings. The van der Waals surface area contributed by atoms with Crippen molar-refractivity contribution >= 4 is 27.7 Å². The lowest BCUT2D eigenvalue weighted by atomic mass is 10.2. The van der Waals surface area contributed by atoms with Crippen molar-refractivity contribution in [3.8, 4) is 0 Å². The molecule has 7 heteroatoms. The van der Waals surface area contributed by atoms with Crippen molar-refractivity contribution in [1.82, 2.24) is 4.31 Å². The molecule has 0 bridgehead atoms. The Morgan fingerprint density at radius 2 is 1.62 bits per heavy atom. The van der Waals surface area contributed by atoms with Gasteiger partial charge in [-0.1, -0.05) is 12.1 Å². The molecule has 1 saturated heterocycles. The van der Waals surface area contributed by atoms with Gasteiger partial charge in [-0.3, -0.25) is 4.79 Å². The molecule has 0 saturated carbocycles. The maximum atomic E-state index is 12.8. The summed E-state index contributed by atoms with van der Waals surface area (Å²) < 4.78 is 39.2. The average molecular weight is 374 g/mol. The number of hydrogen-bond donors (Lipinski definition) is 1. The molecule has 0 atom stereocenters. The number of nitrogens with zero attached hydrogens (tertiary/aromatic N) is 1. The Balaban J connectivity index is 1.63. The average Bonchev–Trinajstić information content (AvgIpc) is 3.17. The Kier molecular flexibility index (Phi) is 5.49. The highest BCUT2D eigenvalue weighted by Crippen LogP contribution is 2.22. The molecule has 0 spiro atoms. The van der Waals surface area contributed by atoms with Gasteiger partial charge in [0.2, 0.25) is 15.9 Å². The fourth-order valence-corrected chi connectivity index (χ4v) is 4.23. The molecule has 0 radical (unpaired) electrons. The van der Waals surface area contributed by atoms with Crippen LogP contribution >= 0.6 is 0 Å². The van der Waals surface area contributed by atoms with Gasteiger partial charge in [0.25, 0.3) is 0 Å². The van der Waals surface area contributed by atoms with Crippen molar-refractivity contribution in [3.63, 3.8) is 0 Å². The van der Waals surface area contributed by atoms with E-state index in [1.807, 2.05) is 0 Å². The summed E-state index contributed by atoms with van der Waals surface area (Å²) in [6.07, 6.45) is 4.67. The molecule has 26 heavy (non-hydrogen) atoms. The van der Waals surface area contributed by atoms with Crippen LogP contribution in [0.3, 0.4) is 0 Å². The number of anilines is 1. The standard InChI is InChI=1S/C19H19FN2O3S/c20-16-6-3-15(4-7-16)5-12-19(23)21-17-8-10-18(11-9-17)26(24,25)22-13-1-2-14-22/h3-12H,1-2,13-14H2,(H,21,23). The fourth-order valence-electron chi connectivity index (χ4n) is 2.72. The molecular formula is C19H19FN2O3S.